The van der Waals surface area contributed by atoms with Crippen LogP contribution in [0.5, 0.6) is 0 Å². The quantitative estimate of drug-likeness (QED) is 0.743. The van der Waals surface area contributed by atoms with Crippen LogP contribution in [0.15, 0.2) is 39.6 Å². The molecule has 0 radical (unpaired) electrons. The van der Waals surface area contributed by atoms with Crippen molar-refractivity contribution in [1.29, 1.82) is 0 Å². The highest BCUT2D eigenvalue weighted by Crippen LogP contribution is 2.49. The zero-order chi connectivity index (χ0) is 19.2. The van der Waals surface area contributed by atoms with Crippen LogP contribution in [-0.4, -0.2) is 24.4 Å². The Labute approximate surface area is 145 Å². The molecule has 140 valence electrons. The van der Waals surface area contributed by atoms with Gasteiger partial charge in [-0.3, -0.25) is 4.79 Å². The maximum Gasteiger partial charge on any atom is 0.470 e. The molecule has 3 rings (SSSR count). The minimum absolute atomic E-state index is 0.0824. The van der Waals surface area contributed by atoms with Gasteiger partial charge in [0.05, 0.1) is 4.90 Å². The number of benzene rings is 1. The Morgan fingerprint density at radius 3 is 2.15 bits per heavy atom. The summed E-state index contributed by atoms with van der Waals surface area (Å²) >= 11 is 0. The van der Waals surface area contributed by atoms with Crippen LogP contribution in [0.3, 0.4) is 0 Å². The van der Waals surface area contributed by atoms with Crippen molar-refractivity contribution < 1.29 is 35.2 Å². The number of hydrogen-bond donors (Lipinski definition) is 0. The molecule has 1 fully saturated rings. The molecule has 1 aromatic carbocycles. The topological polar surface area (TPSA) is 90.1 Å². The highest BCUT2D eigenvalue weighted by molar-refractivity contribution is 7.92. The summed E-state index contributed by atoms with van der Waals surface area (Å²) < 4.78 is 84.3. The summed E-state index contributed by atoms with van der Waals surface area (Å²) in [5.74, 6) is -5.01. The number of ketones is 1. The number of carbonyl (C=O) groups is 1. The van der Waals surface area contributed by atoms with Gasteiger partial charge in [-0.1, -0.05) is 18.2 Å². The van der Waals surface area contributed by atoms with Crippen molar-refractivity contribution in [1.82, 2.24) is 10.2 Å². The van der Waals surface area contributed by atoms with Crippen LogP contribution in [-0.2, 0) is 25.8 Å². The molecular weight excluding hydrogens is 380 g/mol. The second-order valence-electron chi connectivity index (χ2n) is 5.85. The van der Waals surface area contributed by atoms with Crippen LogP contribution >= 0.6 is 0 Å². The van der Waals surface area contributed by atoms with E-state index >= 15 is 4.39 Å². The molecule has 1 heterocycles. The van der Waals surface area contributed by atoms with Gasteiger partial charge in [0, 0.05) is 18.8 Å². The van der Waals surface area contributed by atoms with Crippen LogP contribution in [0.4, 0.5) is 17.6 Å². The standard InChI is InChI=1S/C15H12F4N2O4S/c16-14(9-6-7-10(22)8-9,12-20-21-13(25-12)15(17,18)19)26(23,24)11-4-2-1-3-5-11/h1-5,9H,6-8H2. The first-order valence-electron chi connectivity index (χ1n) is 7.48. The lowest BCUT2D eigenvalue weighted by atomic mass is 10.0. The summed E-state index contributed by atoms with van der Waals surface area (Å²) in [6, 6.07) is 6.36. The first kappa shape index (κ1) is 18.5. The van der Waals surface area contributed by atoms with Crippen molar-refractivity contribution in [2.75, 3.05) is 0 Å². The van der Waals surface area contributed by atoms with Crippen LogP contribution < -0.4 is 0 Å². The van der Waals surface area contributed by atoms with Crippen molar-refractivity contribution in [2.45, 2.75) is 35.3 Å². The summed E-state index contributed by atoms with van der Waals surface area (Å²) in [4.78, 5) is 11.1. The molecule has 1 saturated carbocycles. The van der Waals surface area contributed by atoms with Gasteiger partial charge in [-0.25, -0.2) is 12.8 Å². The highest BCUT2D eigenvalue weighted by Gasteiger charge is 2.59. The van der Waals surface area contributed by atoms with Crippen molar-refractivity contribution in [3.8, 4) is 0 Å². The molecular formula is C15H12F4N2O4S. The van der Waals surface area contributed by atoms with Crippen LogP contribution in [0.25, 0.3) is 0 Å². The third kappa shape index (κ3) is 2.89. The van der Waals surface area contributed by atoms with Gasteiger partial charge >= 0.3 is 12.1 Å². The predicted octanol–water partition coefficient (Wildman–Crippen LogP) is 3.05. The second-order valence-corrected chi connectivity index (χ2v) is 7.92. The smallest absolute Gasteiger partial charge is 0.413 e. The summed E-state index contributed by atoms with van der Waals surface area (Å²) in [7, 11) is -4.88. The molecule has 0 N–H and O–H groups in total. The molecule has 2 aromatic rings. The van der Waals surface area contributed by atoms with E-state index in [0.717, 1.165) is 12.1 Å². The van der Waals surface area contributed by atoms with Crippen LogP contribution in [0.2, 0.25) is 0 Å². The predicted molar refractivity (Wildman–Crippen MR) is 78.1 cm³/mol. The number of halogens is 4. The van der Waals surface area contributed by atoms with Crippen molar-refractivity contribution in [2.24, 2.45) is 5.92 Å². The van der Waals surface area contributed by atoms with E-state index in [2.05, 4.69) is 14.6 Å². The summed E-state index contributed by atoms with van der Waals surface area (Å²) in [5.41, 5.74) is 0. The fourth-order valence-corrected chi connectivity index (χ4v) is 4.70. The molecule has 1 aliphatic carbocycles. The largest absolute Gasteiger partial charge is 0.470 e. The molecule has 0 bridgehead atoms. The number of rotatable bonds is 4. The maximum absolute atomic E-state index is 16.0. The van der Waals surface area contributed by atoms with E-state index in [1.54, 1.807) is 0 Å². The Hall–Kier alpha value is -2.30. The average Bonchev–Trinajstić information content (AvgIpc) is 3.24. The third-order valence-electron chi connectivity index (χ3n) is 4.17. The average molecular weight is 392 g/mol. The van der Waals surface area contributed by atoms with E-state index in [1.165, 1.54) is 18.2 Å². The van der Waals surface area contributed by atoms with E-state index < -0.39 is 55.8 Å². The fourth-order valence-electron chi connectivity index (χ4n) is 2.89. The Morgan fingerprint density at radius 2 is 1.65 bits per heavy atom. The number of aromatic nitrogens is 2. The Balaban J connectivity index is 2.18. The van der Waals surface area contributed by atoms with Gasteiger partial charge in [0.25, 0.3) is 10.9 Å². The first-order chi connectivity index (χ1) is 12.1. The number of nitrogens with zero attached hydrogens (tertiary/aromatic N) is 2. The zero-order valence-corrected chi connectivity index (χ0v) is 13.8. The van der Waals surface area contributed by atoms with Crippen molar-refractivity contribution in [3.63, 3.8) is 0 Å². The zero-order valence-electron chi connectivity index (χ0n) is 13.0. The van der Waals surface area contributed by atoms with Crippen molar-refractivity contribution in [3.05, 3.63) is 42.1 Å². The van der Waals surface area contributed by atoms with Gasteiger partial charge in [-0.15, -0.1) is 10.2 Å². The number of Topliss-reactive ketones (excluding diaryl/α,β-unsaturated/α-hetero) is 1. The minimum Gasteiger partial charge on any atom is -0.413 e. The van der Waals surface area contributed by atoms with Gasteiger partial charge in [0.15, 0.2) is 0 Å². The fraction of sp³-hybridized carbons (Fsp3) is 0.400. The normalized spacial score (nSPS) is 20.9. The van der Waals surface area contributed by atoms with E-state index in [4.69, 9.17) is 0 Å². The molecule has 26 heavy (non-hydrogen) atoms. The van der Waals surface area contributed by atoms with Gasteiger partial charge in [-0.2, -0.15) is 13.2 Å². The maximum atomic E-state index is 16.0. The Morgan fingerprint density at radius 1 is 1.04 bits per heavy atom. The van der Waals surface area contributed by atoms with Crippen LogP contribution in [0.1, 0.15) is 31.0 Å². The third-order valence-corrected chi connectivity index (χ3v) is 6.36. The Kier molecular flexibility index (Phi) is 4.37. The molecule has 6 nitrogen and oxygen atoms in total. The number of carbonyl (C=O) groups excluding carboxylic acids is 1. The van der Waals surface area contributed by atoms with Gasteiger partial charge in [0.1, 0.15) is 5.78 Å². The van der Waals surface area contributed by atoms with E-state index in [0.29, 0.717) is 0 Å². The number of hydrogen-bond acceptors (Lipinski definition) is 6. The monoisotopic (exact) mass is 392 g/mol. The number of alkyl halides is 4. The molecule has 0 amide bonds. The van der Waals surface area contributed by atoms with Gasteiger partial charge in [-0.05, 0) is 18.6 Å². The van der Waals surface area contributed by atoms with Gasteiger partial charge < -0.3 is 4.42 Å². The lowest BCUT2D eigenvalue weighted by Crippen LogP contribution is -2.38. The molecule has 11 heteroatoms. The number of sulfone groups is 1. The molecule has 1 aromatic heterocycles. The molecule has 0 aliphatic heterocycles. The first-order valence-corrected chi connectivity index (χ1v) is 8.96. The van der Waals surface area contributed by atoms with E-state index in [1.807, 2.05) is 0 Å². The van der Waals surface area contributed by atoms with Crippen molar-refractivity contribution >= 4 is 15.6 Å². The molecule has 0 spiro atoms. The van der Waals surface area contributed by atoms with E-state index in [9.17, 15) is 26.4 Å². The molecule has 2 atom stereocenters. The molecule has 2 unspecified atom stereocenters. The highest BCUT2D eigenvalue weighted by atomic mass is 32.2. The SMILES string of the molecule is O=C1CCC(C(F)(c2nnc(C(F)(F)F)o2)S(=O)(=O)c2ccccc2)C1. The Bertz CT molecular complexity index is 927. The summed E-state index contributed by atoms with van der Waals surface area (Å²) in [5, 5.41) is 2.29. The second kappa shape index (κ2) is 6.15. The lowest BCUT2D eigenvalue weighted by molar-refractivity contribution is -0.158. The van der Waals surface area contributed by atoms with Crippen LogP contribution in [0, 0.1) is 5.92 Å². The van der Waals surface area contributed by atoms with Gasteiger partial charge in [0.2, 0.25) is 9.84 Å². The van der Waals surface area contributed by atoms with E-state index in [-0.39, 0.29) is 12.8 Å². The summed E-state index contributed by atoms with van der Waals surface area (Å²) in [6.07, 6.45) is -5.76. The molecule has 0 saturated heterocycles. The lowest BCUT2D eigenvalue weighted by Gasteiger charge is -2.27. The minimum atomic E-state index is -5.06. The summed E-state index contributed by atoms with van der Waals surface area (Å²) in [6.45, 7) is 0. The molecule has 1 aliphatic rings.